The van der Waals surface area contributed by atoms with E-state index in [1.54, 1.807) is 51.3 Å². The van der Waals surface area contributed by atoms with E-state index in [1.165, 1.54) is 0 Å². The van der Waals surface area contributed by atoms with Gasteiger partial charge in [0.05, 0.1) is 19.3 Å². The quantitative estimate of drug-likeness (QED) is 0.872. The Balaban J connectivity index is 1.86. The Morgan fingerprint density at radius 3 is 2.57 bits per heavy atom. The second-order valence-corrected chi connectivity index (χ2v) is 5.61. The summed E-state index contributed by atoms with van der Waals surface area (Å²) in [4.78, 5) is 26.1. The van der Waals surface area contributed by atoms with Crippen LogP contribution in [0.25, 0.3) is 0 Å². The molecular weight excluding hydrogens is 298 g/mol. The maximum Gasteiger partial charge on any atom is 0.325 e. The molecule has 120 valence electrons. The van der Waals surface area contributed by atoms with Crippen molar-refractivity contribution in [1.29, 1.82) is 0 Å². The van der Waals surface area contributed by atoms with Gasteiger partial charge in [0.2, 0.25) is 0 Å². The lowest BCUT2D eigenvalue weighted by Crippen LogP contribution is -2.40. The Hall–Kier alpha value is -2.83. The molecule has 1 aromatic heterocycles. The van der Waals surface area contributed by atoms with Gasteiger partial charge in [-0.15, -0.1) is 0 Å². The number of benzene rings is 1. The summed E-state index contributed by atoms with van der Waals surface area (Å²) in [6.45, 7) is 3.51. The van der Waals surface area contributed by atoms with Crippen LogP contribution in [0.4, 0.5) is 4.79 Å². The summed E-state index contributed by atoms with van der Waals surface area (Å²) in [7, 11) is 1.57. The van der Waals surface area contributed by atoms with Crippen LogP contribution in [-0.2, 0) is 16.9 Å². The highest BCUT2D eigenvalue weighted by Crippen LogP contribution is 2.30. The topological polar surface area (TPSA) is 84.7 Å². The summed E-state index contributed by atoms with van der Waals surface area (Å²) in [6, 6.07) is 8.27. The first kappa shape index (κ1) is 15.1. The third-order valence-electron chi connectivity index (χ3n) is 3.93. The van der Waals surface area contributed by atoms with Crippen molar-refractivity contribution < 1.29 is 18.8 Å². The number of ether oxygens (including phenoxy) is 1. The van der Waals surface area contributed by atoms with E-state index in [0.717, 1.165) is 4.90 Å². The molecule has 7 nitrogen and oxygen atoms in total. The third-order valence-corrected chi connectivity index (χ3v) is 3.93. The van der Waals surface area contributed by atoms with Crippen LogP contribution in [0.2, 0.25) is 0 Å². The number of urea groups is 1. The van der Waals surface area contributed by atoms with Crippen molar-refractivity contribution in [2.45, 2.75) is 25.9 Å². The first-order valence-electron chi connectivity index (χ1n) is 7.15. The lowest BCUT2D eigenvalue weighted by molar-refractivity contribution is -0.131. The molecule has 0 aliphatic carbocycles. The number of imide groups is 1. The number of hydrogen-bond donors (Lipinski definition) is 1. The lowest BCUT2D eigenvalue weighted by atomic mass is 9.92. The van der Waals surface area contributed by atoms with Crippen molar-refractivity contribution in [2.24, 2.45) is 0 Å². The average molecular weight is 315 g/mol. The Kier molecular flexibility index (Phi) is 3.55. The zero-order valence-corrected chi connectivity index (χ0v) is 13.1. The standard InChI is InChI=1S/C16H17N3O4/c1-10-8-13(23-18-10)9-19-14(20)16(2,17-15(19)21)11-4-6-12(22-3)7-5-11/h4-8H,9H2,1-3H3,(H,17,21). The van der Waals surface area contributed by atoms with Crippen molar-refractivity contribution in [3.8, 4) is 5.75 Å². The number of aromatic nitrogens is 1. The number of rotatable bonds is 4. The molecule has 1 unspecified atom stereocenters. The van der Waals surface area contributed by atoms with Gasteiger partial charge in [-0.3, -0.25) is 9.69 Å². The minimum Gasteiger partial charge on any atom is -0.497 e. The molecule has 1 aliphatic heterocycles. The van der Waals surface area contributed by atoms with E-state index in [9.17, 15) is 9.59 Å². The number of hydrogen-bond acceptors (Lipinski definition) is 5. The molecule has 1 aromatic carbocycles. The molecule has 3 rings (SSSR count). The van der Waals surface area contributed by atoms with E-state index in [-0.39, 0.29) is 12.5 Å². The van der Waals surface area contributed by atoms with Crippen molar-refractivity contribution >= 4 is 11.9 Å². The molecule has 0 radical (unpaired) electrons. The number of methoxy groups -OCH3 is 1. The van der Waals surface area contributed by atoms with Gasteiger partial charge in [0.25, 0.3) is 5.91 Å². The van der Waals surface area contributed by atoms with Crippen LogP contribution < -0.4 is 10.1 Å². The highest BCUT2D eigenvalue weighted by molar-refractivity contribution is 6.07. The third kappa shape index (κ3) is 2.54. The highest BCUT2D eigenvalue weighted by Gasteiger charge is 2.49. The lowest BCUT2D eigenvalue weighted by Gasteiger charge is -2.22. The Morgan fingerprint density at radius 1 is 1.30 bits per heavy atom. The number of carbonyl (C=O) groups is 2. The van der Waals surface area contributed by atoms with E-state index < -0.39 is 11.6 Å². The van der Waals surface area contributed by atoms with E-state index in [0.29, 0.717) is 22.8 Å². The van der Waals surface area contributed by atoms with Gasteiger partial charge < -0.3 is 14.6 Å². The van der Waals surface area contributed by atoms with Gasteiger partial charge in [-0.05, 0) is 31.5 Å². The minimum absolute atomic E-state index is 0.0528. The molecule has 2 aromatic rings. The van der Waals surface area contributed by atoms with E-state index in [4.69, 9.17) is 9.26 Å². The SMILES string of the molecule is COc1ccc(C2(C)NC(=O)N(Cc3cc(C)no3)C2=O)cc1. The smallest absolute Gasteiger partial charge is 0.325 e. The van der Waals surface area contributed by atoms with Crippen molar-refractivity contribution in [3.05, 3.63) is 47.3 Å². The summed E-state index contributed by atoms with van der Waals surface area (Å²) in [5, 5.41) is 6.51. The Labute approximate surface area is 133 Å². The zero-order valence-electron chi connectivity index (χ0n) is 13.1. The second-order valence-electron chi connectivity index (χ2n) is 5.61. The second kappa shape index (κ2) is 5.42. The van der Waals surface area contributed by atoms with Gasteiger partial charge in [-0.2, -0.15) is 0 Å². The number of nitrogens with zero attached hydrogens (tertiary/aromatic N) is 2. The molecule has 1 fully saturated rings. The molecule has 7 heteroatoms. The first-order chi connectivity index (χ1) is 10.9. The fourth-order valence-electron chi connectivity index (χ4n) is 2.61. The molecule has 1 atom stereocenters. The predicted octanol–water partition coefficient (Wildman–Crippen LogP) is 1.96. The van der Waals surface area contributed by atoms with Gasteiger partial charge >= 0.3 is 6.03 Å². The summed E-state index contributed by atoms with van der Waals surface area (Å²) >= 11 is 0. The predicted molar refractivity (Wildman–Crippen MR) is 80.7 cm³/mol. The summed E-state index contributed by atoms with van der Waals surface area (Å²) in [5.74, 6) is 0.815. The summed E-state index contributed by atoms with van der Waals surface area (Å²) in [5.41, 5.74) is 0.274. The van der Waals surface area contributed by atoms with Crippen LogP contribution in [0.3, 0.4) is 0 Å². The molecule has 2 heterocycles. The monoisotopic (exact) mass is 315 g/mol. The fourth-order valence-corrected chi connectivity index (χ4v) is 2.61. The van der Waals surface area contributed by atoms with Crippen LogP contribution in [0.1, 0.15) is 23.9 Å². The van der Waals surface area contributed by atoms with Crippen LogP contribution in [-0.4, -0.2) is 29.1 Å². The summed E-state index contributed by atoms with van der Waals surface area (Å²) in [6.07, 6.45) is 0. The first-order valence-corrected chi connectivity index (χ1v) is 7.15. The Morgan fingerprint density at radius 2 is 2.00 bits per heavy atom. The number of nitrogens with one attached hydrogen (secondary N) is 1. The van der Waals surface area contributed by atoms with Crippen molar-refractivity contribution in [2.75, 3.05) is 7.11 Å². The molecule has 23 heavy (non-hydrogen) atoms. The minimum atomic E-state index is -1.11. The van der Waals surface area contributed by atoms with Crippen molar-refractivity contribution in [1.82, 2.24) is 15.4 Å². The van der Waals surface area contributed by atoms with Gasteiger partial charge in [0.15, 0.2) is 5.76 Å². The largest absolute Gasteiger partial charge is 0.497 e. The molecule has 1 aliphatic rings. The zero-order chi connectivity index (χ0) is 16.6. The van der Waals surface area contributed by atoms with E-state index >= 15 is 0 Å². The van der Waals surface area contributed by atoms with Gasteiger partial charge in [-0.25, -0.2) is 4.79 Å². The van der Waals surface area contributed by atoms with E-state index in [1.807, 2.05) is 0 Å². The van der Waals surface area contributed by atoms with Crippen molar-refractivity contribution in [3.63, 3.8) is 0 Å². The molecule has 1 saturated heterocycles. The van der Waals surface area contributed by atoms with Crippen LogP contribution in [0.5, 0.6) is 5.75 Å². The molecular formula is C16H17N3O4. The number of aryl methyl sites for hydroxylation is 1. The Bertz CT molecular complexity index is 753. The molecule has 0 bridgehead atoms. The van der Waals surface area contributed by atoms with Gasteiger partial charge in [-0.1, -0.05) is 17.3 Å². The maximum atomic E-state index is 12.8. The number of carbonyl (C=O) groups excluding carboxylic acids is 2. The van der Waals surface area contributed by atoms with Gasteiger partial charge in [0.1, 0.15) is 11.3 Å². The maximum absolute atomic E-state index is 12.8. The molecule has 3 amide bonds. The number of amides is 3. The fraction of sp³-hybridized carbons (Fsp3) is 0.312. The molecule has 0 saturated carbocycles. The van der Waals surface area contributed by atoms with E-state index in [2.05, 4.69) is 10.5 Å². The highest BCUT2D eigenvalue weighted by atomic mass is 16.5. The normalized spacial score (nSPS) is 20.7. The van der Waals surface area contributed by atoms with Gasteiger partial charge in [0, 0.05) is 6.07 Å². The molecule has 0 spiro atoms. The van der Waals surface area contributed by atoms with Crippen LogP contribution >= 0.6 is 0 Å². The summed E-state index contributed by atoms with van der Waals surface area (Å²) < 4.78 is 10.2. The average Bonchev–Trinajstić information content (AvgIpc) is 3.05. The van der Waals surface area contributed by atoms with Crippen LogP contribution in [0, 0.1) is 6.92 Å². The van der Waals surface area contributed by atoms with Crippen LogP contribution in [0.15, 0.2) is 34.9 Å². The molecule has 1 N–H and O–H groups in total.